The Morgan fingerprint density at radius 1 is 0.815 bits per heavy atom. The van der Waals surface area contributed by atoms with Crippen LogP contribution in [0.1, 0.15) is 17.5 Å². The maximum atomic E-state index is 13.4. The highest BCUT2D eigenvalue weighted by molar-refractivity contribution is 5.82. The molecular weight excluding hydrogens is 347 g/mol. The van der Waals surface area contributed by atoms with Gasteiger partial charge in [0.25, 0.3) is 0 Å². The summed E-state index contributed by atoms with van der Waals surface area (Å²) in [4.78, 5) is 4.40. The maximum Gasteiger partial charge on any atom is 0.194 e. The molecule has 0 saturated carbocycles. The van der Waals surface area contributed by atoms with E-state index in [-0.39, 0.29) is 5.56 Å². The topological polar surface area (TPSA) is 12.4 Å². The molecule has 0 N–H and O–H groups in total. The van der Waals surface area contributed by atoms with Gasteiger partial charge < -0.3 is 0 Å². The summed E-state index contributed by atoms with van der Waals surface area (Å²) < 4.78 is 39.8. The number of rotatable bonds is 6. The van der Waals surface area contributed by atoms with Gasteiger partial charge in [-0.25, -0.2) is 13.2 Å². The second-order valence-electron chi connectivity index (χ2n) is 6.13. The maximum absolute atomic E-state index is 13.4. The molecule has 0 radical (unpaired) electrons. The molecule has 136 valence electrons. The lowest BCUT2D eigenvalue weighted by Crippen LogP contribution is -1.91. The van der Waals surface area contributed by atoms with Crippen molar-refractivity contribution >= 4 is 11.9 Å². The average Bonchev–Trinajstić information content (AvgIpc) is 2.69. The van der Waals surface area contributed by atoms with Crippen LogP contribution in [0.3, 0.4) is 0 Å². The number of aliphatic imine (C=N–C) groups is 1. The van der Waals surface area contributed by atoms with Gasteiger partial charge in [-0.15, -0.1) is 6.58 Å². The van der Waals surface area contributed by atoms with E-state index in [0.29, 0.717) is 11.3 Å². The molecule has 0 amide bonds. The van der Waals surface area contributed by atoms with Gasteiger partial charge in [-0.1, -0.05) is 42.5 Å². The first-order chi connectivity index (χ1) is 13.1. The Bertz CT molecular complexity index is 935. The third kappa shape index (κ3) is 4.73. The van der Waals surface area contributed by atoms with E-state index in [2.05, 4.69) is 23.7 Å². The number of allylic oxidation sites excluding steroid dienone is 1. The average molecular weight is 365 g/mol. The Morgan fingerprint density at radius 2 is 1.44 bits per heavy atom. The summed E-state index contributed by atoms with van der Waals surface area (Å²) in [5.41, 5.74) is 3.78. The minimum atomic E-state index is -1.46. The van der Waals surface area contributed by atoms with Crippen molar-refractivity contribution in [3.63, 3.8) is 0 Å². The molecule has 27 heavy (non-hydrogen) atoms. The quantitative estimate of drug-likeness (QED) is 0.264. The zero-order valence-electron chi connectivity index (χ0n) is 14.6. The first-order valence-electron chi connectivity index (χ1n) is 8.55. The van der Waals surface area contributed by atoms with Gasteiger partial charge in [-0.3, -0.25) is 4.99 Å². The molecule has 0 aliphatic carbocycles. The molecule has 0 spiro atoms. The van der Waals surface area contributed by atoms with Gasteiger partial charge in [-0.05, 0) is 59.4 Å². The van der Waals surface area contributed by atoms with Crippen molar-refractivity contribution in [1.82, 2.24) is 0 Å². The summed E-state index contributed by atoms with van der Waals surface area (Å²) in [6, 6.07) is 16.9. The summed E-state index contributed by atoms with van der Waals surface area (Å²) in [7, 11) is 0. The highest BCUT2D eigenvalue weighted by Crippen LogP contribution is 2.25. The molecule has 3 aromatic carbocycles. The van der Waals surface area contributed by atoms with Gasteiger partial charge in [-0.2, -0.15) is 0 Å². The van der Waals surface area contributed by atoms with E-state index in [1.165, 1.54) is 5.56 Å². The lowest BCUT2D eigenvalue weighted by molar-refractivity contribution is 0.448. The van der Waals surface area contributed by atoms with Gasteiger partial charge in [0, 0.05) is 6.21 Å². The number of benzene rings is 3. The fourth-order valence-electron chi connectivity index (χ4n) is 2.65. The van der Waals surface area contributed by atoms with Crippen LogP contribution in [-0.4, -0.2) is 6.21 Å². The van der Waals surface area contributed by atoms with Crippen molar-refractivity contribution in [3.05, 3.63) is 102 Å². The Morgan fingerprint density at radius 3 is 2.04 bits per heavy atom. The van der Waals surface area contributed by atoms with Gasteiger partial charge in [0.2, 0.25) is 0 Å². The van der Waals surface area contributed by atoms with Crippen LogP contribution in [0.4, 0.5) is 18.9 Å². The van der Waals surface area contributed by atoms with Crippen LogP contribution in [0.25, 0.3) is 11.1 Å². The monoisotopic (exact) mass is 365 g/mol. The van der Waals surface area contributed by atoms with Crippen LogP contribution in [0.15, 0.2) is 78.3 Å². The zero-order valence-corrected chi connectivity index (χ0v) is 14.6. The van der Waals surface area contributed by atoms with E-state index in [1.807, 2.05) is 18.2 Å². The molecule has 4 heteroatoms. The molecule has 0 fully saturated rings. The van der Waals surface area contributed by atoms with Crippen LogP contribution in [0, 0.1) is 17.5 Å². The van der Waals surface area contributed by atoms with Crippen molar-refractivity contribution < 1.29 is 13.2 Å². The van der Waals surface area contributed by atoms with E-state index in [1.54, 1.807) is 30.5 Å². The second-order valence-corrected chi connectivity index (χ2v) is 6.13. The fraction of sp³-hybridized carbons (Fsp3) is 0.0870. The molecular formula is C23H18F3N. The Balaban J connectivity index is 1.72. The predicted molar refractivity (Wildman–Crippen MR) is 104 cm³/mol. The molecule has 0 atom stereocenters. The summed E-state index contributed by atoms with van der Waals surface area (Å²) in [5, 5.41) is 0. The third-order valence-electron chi connectivity index (χ3n) is 4.16. The largest absolute Gasteiger partial charge is 0.256 e. The molecule has 0 aromatic heterocycles. The number of nitrogens with zero attached hydrogens (tertiary/aromatic N) is 1. The van der Waals surface area contributed by atoms with E-state index >= 15 is 0 Å². The molecule has 3 aromatic rings. The summed E-state index contributed by atoms with van der Waals surface area (Å²) in [5.74, 6) is -3.87. The number of aryl methyl sites for hydroxylation is 1. The lowest BCUT2D eigenvalue weighted by Gasteiger charge is -2.04. The van der Waals surface area contributed by atoms with Crippen molar-refractivity contribution in [2.75, 3.05) is 0 Å². The van der Waals surface area contributed by atoms with Crippen molar-refractivity contribution in [2.24, 2.45) is 4.99 Å². The van der Waals surface area contributed by atoms with Gasteiger partial charge in [0.05, 0.1) is 5.69 Å². The van der Waals surface area contributed by atoms with E-state index in [0.717, 1.165) is 30.5 Å². The second kappa shape index (κ2) is 8.49. The highest BCUT2D eigenvalue weighted by Gasteiger charge is 2.11. The summed E-state index contributed by atoms with van der Waals surface area (Å²) >= 11 is 0. The minimum Gasteiger partial charge on any atom is -0.256 e. The zero-order chi connectivity index (χ0) is 19.2. The van der Waals surface area contributed by atoms with Crippen LogP contribution in [-0.2, 0) is 6.42 Å². The number of halogens is 3. The number of hydrogen-bond donors (Lipinski definition) is 0. The first kappa shape index (κ1) is 18.6. The van der Waals surface area contributed by atoms with E-state index in [9.17, 15) is 13.2 Å². The smallest absolute Gasteiger partial charge is 0.194 e. The normalized spacial score (nSPS) is 11.1. The molecule has 0 aliphatic rings. The fourth-order valence-corrected chi connectivity index (χ4v) is 2.65. The van der Waals surface area contributed by atoms with E-state index in [4.69, 9.17) is 0 Å². The van der Waals surface area contributed by atoms with E-state index < -0.39 is 17.5 Å². The first-order valence-corrected chi connectivity index (χ1v) is 8.55. The van der Waals surface area contributed by atoms with Crippen LogP contribution >= 0.6 is 0 Å². The molecule has 1 nitrogen and oxygen atoms in total. The van der Waals surface area contributed by atoms with Gasteiger partial charge in [0.15, 0.2) is 17.5 Å². The van der Waals surface area contributed by atoms with Crippen LogP contribution in [0.2, 0.25) is 0 Å². The summed E-state index contributed by atoms with van der Waals surface area (Å²) in [6.45, 7) is 3.72. The summed E-state index contributed by atoms with van der Waals surface area (Å²) in [6.07, 6.45) is 5.56. The minimum absolute atomic E-state index is 0.275. The van der Waals surface area contributed by atoms with Crippen LogP contribution in [0.5, 0.6) is 0 Å². The number of hydrogen-bond acceptors (Lipinski definition) is 1. The van der Waals surface area contributed by atoms with Crippen molar-refractivity contribution in [1.29, 1.82) is 0 Å². The van der Waals surface area contributed by atoms with Crippen molar-refractivity contribution in [3.8, 4) is 11.1 Å². The lowest BCUT2D eigenvalue weighted by atomic mass is 10.0. The van der Waals surface area contributed by atoms with Crippen molar-refractivity contribution in [2.45, 2.75) is 12.8 Å². The Hall–Kier alpha value is -3.14. The van der Waals surface area contributed by atoms with Gasteiger partial charge >= 0.3 is 0 Å². The molecule has 0 unspecified atom stereocenters. The Labute approximate surface area is 156 Å². The van der Waals surface area contributed by atoms with Gasteiger partial charge in [0.1, 0.15) is 0 Å². The molecule has 3 rings (SSSR count). The third-order valence-corrected chi connectivity index (χ3v) is 4.16. The molecule has 0 aliphatic heterocycles. The predicted octanol–water partition coefficient (Wildman–Crippen LogP) is 6.64. The highest BCUT2D eigenvalue weighted by atomic mass is 19.2. The molecule has 0 heterocycles. The molecule has 0 saturated heterocycles. The standard InChI is InChI=1S/C23H18F3N/c1-2-3-4-16-5-7-17(8-6-16)15-27-20-11-9-18(10-12-20)19-13-21(24)23(26)22(25)14-19/h2,5-15H,1,3-4H2. The van der Waals surface area contributed by atoms with Crippen LogP contribution < -0.4 is 0 Å². The Kier molecular flexibility index (Phi) is 5.87. The SMILES string of the molecule is C=CCCc1ccc(C=Nc2ccc(-c3cc(F)c(F)c(F)c3)cc2)cc1. The molecule has 0 bridgehead atoms.